The molecule has 0 saturated heterocycles. The largest absolute Gasteiger partial charge is 0.444 e. The van der Waals surface area contributed by atoms with Crippen molar-refractivity contribution >= 4 is 29.4 Å². The van der Waals surface area contributed by atoms with Crippen LogP contribution in [0.2, 0.25) is 0 Å². The van der Waals surface area contributed by atoms with Crippen molar-refractivity contribution < 1.29 is 14.3 Å². The minimum atomic E-state index is -0.589. The summed E-state index contributed by atoms with van der Waals surface area (Å²) >= 11 is 1.87. The first kappa shape index (κ1) is 24.7. The summed E-state index contributed by atoms with van der Waals surface area (Å²) in [6.07, 6.45) is 6.80. The lowest BCUT2D eigenvalue weighted by atomic mass is 9.78. The van der Waals surface area contributed by atoms with Gasteiger partial charge in [0.1, 0.15) is 11.6 Å². The minimum Gasteiger partial charge on any atom is -0.444 e. The summed E-state index contributed by atoms with van der Waals surface area (Å²) in [4.78, 5) is 29.0. The Morgan fingerprint density at radius 3 is 2.28 bits per heavy atom. The number of likely N-dealkylation sites (N-methyl/N-ethyl adjacent to an activating group) is 1. The summed E-state index contributed by atoms with van der Waals surface area (Å²) in [5, 5.41) is 2.94. The second-order valence-electron chi connectivity index (χ2n) is 10.3. The van der Waals surface area contributed by atoms with Crippen molar-refractivity contribution in [1.82, 2.24) is 10.2 Å². The topological polar surface area (TPSA) is 84.7 Å². The third-order valence-corrected chi connectivity index (χ3v) is 7.88. The van der Waals surface area contributed by atoms with Crippen LogP contribution in [0.5, 0.6) is 0 Å². The highest BCUT2D eigenvalue weighted by Crippen LogP contribution is 2.35. The number of hydrogen-bond donors (Lipinski definition) is 2. The molecule has 32 heavy (non-hydrogen) atoms. The van der Waals surface area contributed by atoms with Crippen LogP contribution in [0.25, 0.3) is 0 Å². The van der Waals surface area contributed by atoms with Gasteiger partial charge in [0.2, 0.25) is 5.91 Å². The Morgan fingerprint density at radius 2 is 1.75 bits per heavy atom. The molecule has 0 radical (unpaired) electrons. The first-order valence-electron chi connectivity index (χ1n) is 11.9. The van der Waals surface area contributed by atoms with Gasteiger partial charge in [0, 0.05) is 29.4 Å². The van der Waals surface area contributed by atoms with Gasteiger partial charge in [-0.2, -0.15) is 0 Å². The maximum atomic E-state index is 13.3. The summed E-state index contributed by atoms with van der Waals surface area (Å²) in [6, 6.07) is 7.81. The van der Waals surface area contributed by atoms with E-state index >= 15 is 0 Å². The minimum absolute atomic E-state index is 0.0280. The lowest BCUT2D eigenvalue weighted by molar-refractivity contribution is -0.137. The van der Waals surface area contributed by atoms with E-state index in [1.807, 2.05) is 56.6 Å². The Labute approximate surface area is 197 Å². The van der Waals surface area contributed by atoms with Crippen LogP contribution in [0.3, 0.4) is 0 Å². The SMILES string of the molecule is CN(C(=O)C(NC(=O)OC(C)(C)C)C1CCC(CSc2ccc(N)cc2)CC1)C1CCC1. The standard InChI is InChI=1S/C25H39N3O3S/c1-25(2,3)31-24(30)27-22(23(29)28(4)20-6-5-7-20)18-10-8-17(9-11-18)16-32-21-14-12-19(26)13-15-21/h12-15,17-18,20,22H,5-11,16,26H2,1-4H3,(H,27,30). The van der Waals surface area contributed by atoms with Gasteiger partial charge in [-0.15, -0.1) is 11.8 Å². The molecule has 2 amide bonds. The summed E-state index contributed by atoms with van der Waals surface area (Å²) in [5.41, 5.74) is 5.97. The highest BCUT2D eigenvalue weighted by molar-refractivity contribution is 7.99. The van der Waals surface area contributed by atoms with E-state index in [2.05, 4.69) is 17.4 Å². The fourth-order valence-corrected chi connectivity index (χ4v) is 5.55. The number of nitrogen functional groups attached to an aromatic ring is 1. The average molecular weight is 462 g/mol. The number of ether oxygens (including phenoxy) is 1. The van der Waals surface area contributed by atoms with Crippen LogP contribution in [0, 0.1) is 11.8 Å². The van der Waals surface area contributed by atoms with Crippen molar-refractivity contribution in [3.63, 3.8) is 0 Å². The van der Waals surface area contributed by atoms with Crippen LogP contribution in [0.4, 0.5) is 10.5 Å². The van der Waals surface area contributed by atoms with Crippen LogP contribution in [0.15, 0.2) is 29.2 Å². The quantitative estimate of drug-likeness (QED) is 0.437. The first-order valence-corrected chi connectivity index (χ1v) is 12.9. The Balaban J connectivity index is 1.57. The molecule has 2 aliphatic carbocycles. The third-order valence-electron chi connectivity index (χ3n) is 6.64. The molecule has 1 aromatic carbocycles. The zero-order chi connectivity index (χ0) is 23.3. The molecule has 178 valence electrons. The van der Waals surface area contributed by atoms with Gasteiger partial charge in [-0.3, -0.25) is 4.79 Å². The van der Waals surface area contributed by atoms with Crippen molar-refractivity contribution in [3.8, 4) is 0 Å². The third kappa shape index (κ3) is 7.06. The molecule has 2 saturated carbocycles. The van der Waals surface area contributed by atoms with Gasteiger partial charge in [-0.05, 0) is 102 Å². The molecule has 0 bridgehead atoms. The Bertz CT molecular complexity index is 766. The first-order chi connectivity index (χ1) is 15.1. The average Bonchev–Trinajstić information content (AvgIpc) is 2.69. The van der Waals surface area contributed by atoms with E-state index in [9.17, 15) is 9.59 Å². The van der Waals surface area contributed by atoms with E-state index in [4.69, 9.17) is 10.5 Å². The molecule has 7 heteroatoms. The number of anilines is 1. The maximum absolute atomic E-state index is 13.3. The lowest BCUT2D eigenvalue weighted by Gasteiger charge is -2.40. The number of rotatable bonds is 7. The highest BCUT2D eigenvalue weighted by atomic mass is 32.2. The Hall–Kier alpha value is -1.89. The highest BCUT2D eigenvalue weighted by Gasteiger charge is 2.38. The number of nitrogens with one attached hydrogen (secondary N) is 1. The van der Waals surface area contributed by atoms with Gasteiger partial charge >= 0.3 is 6.09 Å². The molecule has 6 nitrogen and oxygen atoms in total. The van der Waals surface area contributed by atoms with Crippen LogP contribution < -0.4 is 11.1 Å². The second-order valence-corrected chi connectivity index (χ2v) is 11.4. The normalized spacial score (nSPS) is 22.5. The van der Waals surface area contributed by atoms with Gasteiger partial charge in [0.05, 0.1) is 0 Å². The molecule has 0 heterocycles. The number of thioether (sulfide) groups is 1. The van der Waals surface area contributed by atoms with Gasteiger partial charge in [0.15, 0.2) is 0 Å². The summed E-state index contributed by atoms with van der Waals surface area (Å²) in [5.74, 6) is 1.86. The van der Waals surface area contributed by atoms with Crippen molar-refractivity contribution in [2.45, 2.75) is 88.3 Å². The number of alkyl carbamates (subject to hydrolysis) is 1. The molecule has 1 unspecified atom stereocenters. The zero-order valence-electron chi connectivity index (χ0n) is 19.9. The Kier molecular flexibility index (Phi) is 8.37. The van der Waals surface area contributed by atoms with Gasteiger partial charge in [-0.1, -0.05) is 0 Å². The lowest BCUT2D eigenvalue weighted by Crippen LogP contribution is -2.55. The summed E-state index contributed by atoms with van der Waals surface area (Å²) in [7, 11) is 1.88. The number of carbonyl (C=O) groups excluding carboxylic acids is 2. The van der Waals surface area contributed by atoms with E-state index in [0.717, 1.165) is 50.0 Å². The summed E-state index contributed by atoms with van der Waals surface area (Å²) < 4.78 is 5.47. The molecular weight excluding hydrogens is 422 g/mol. The number of benzene rings is 1. The van der Waals surface area contributed by atoms with Crippen molar-refractivity contribution in [3.05, 3.63) is 24.3 Å². The van der Waals surface area contributed by atoms with Gasteiger partial charge < -0.3 is 20.7 Å². The molecule has 1 aromatic rings. The van der Waals surface area contributed by atoms with Crippen LogP contribution in [-0.2, 0) is 9.53 Å². The molecule has 3 rings (SSSR count). The molecule has 1 atom stereocenters. The van der Waals surface area contributed by atoms with Crippen LogP contribution in [-0.4, -0.2) is 47.4 Å². The van der Waals surface area contributed by atoms with Gasteiger partial charge in [0.25, 0.3) is 0 Å². The van der Waals surface area contributed by atoms with E-state index in [1.165, 1.54) is 11.3 Å². The molecule has 3 N–H and O–H groups in total. The second kappa shape index (κ2) is 10.8. The van der Waals surface area contributed by atoms with Crippen LogP contribution >= 0.6 is 11.8 Å². The number of amides is 2. The number of hydrogen-bond acceptors (Lipinski definition) is 5. The smallest absolute Gasteiger partial charge is 0.408 e. The fourth-order valence-electron chi connectivity index (χ4n) is 4.46. The van der Waals surface area contributed by atoms with E-state index in [0.29, 0.717) is 12.0 Å². The van der Waals surface area contributed by atoms with Gasteiger partial charge in [-0.25, -0.2) is 4.79 Å². The van der Waals surface area contributed by atoms with E-state index < -0.39 is 17.7 Å². The van der Waals surface area contributed by atoms with Crippen molar-refractivity contribution in [1.29, 1.82) is 0 Å². The monoisotopic (exact) mass is 461 g/mol. The summed E-state index contributed by atoms with van der Waals surface area (Å²) in [6.45, 7) is 5.52. The zero-order valence-corrected chi connectivity index (χ0v) is 20.7. The maximum Gasteiger partial charge on any atom is 0.408 e. The molecule has 0 spiro atoms. The van der Waals surface area contributed by atoms with E-state index in [1.54, 1.807) is 0 Å². The van der Waals surface area contributed by atoms with Crippen molar-refractivity contribution in [2.75, 3.05) is 18.5 Å². The number of nitrogens with two attached hydrogens (primary N) is 1. The Morgan fingerprint density at radius 1 is 1.12 bits per heavy atom. The molecule has 2 fully saturated rings. The predicted octanol–water partition coefficient (Wildman–Crippen LogP) is 5.07. The van der Waals surface area contributed by atoms with Crippen molar-refractivity contribution in [2.24, 2.45) is 11.8 Å². The predicted molar refractivity (Wildman–Crippen MR) is 131 cm³/mol. The molecule has 0 aliphatic heterocycles. The molecule has 0 aromatic heterocycles. The van der Waals surface area contributed by atoms with E-state index in [-0.39, 0.29) is 11.8 Å². The fraction of sp³-hybridized carbons (Fsp3) is 0.680. The van der Waals surface area contributed by atoms with Crippen LogP contribution in [0.1, 0.15) is 65.7 Å². The number of carbonyl (C=O) groups is 2. The number of nitrogens with zero attached hydrogens (tertiary/aromatic N) is 1. The molecular formula is C25H39N3O3S. The molecule has 2 aliphatic rings.